The molecule has 1 N–H and O–H groups in total. The number of nitrogens with one attached hydrogen (secondary N) is 1. The summed E-state index contributed by atoms with van der Waals surface area (Å²) in [7, 11) is 0. The molecule has 1 aliphatic heterocycles. The fraction of sp³-hybridized carbons (Fsp3) is 0.500. The molecule has 4 aliphatic rings. The molecule has 28 heavy (non-hydrogen) atoms. The first-order chi connectivity index (χ1) is 13.5. The highest BCUT2D eigenvalue weighted by molar-refractivity contribution is 6.06. The predicted molar refractivity (Wildman–Crippen MR) is 100 cm³/mol. The first kappa shape index (κ1) is 17.6. The number of hydrogen-bond acceptors (Lipinski definition) is 3. The quantitative estimate of drug-likeness (QED) is 0.645. The van der Waals surface area contributed by atoms with Gasteiger partial charge in [0.2, 0.25) is 17.7 Å². The van der Waals surface area contributed by atoms with Gasteiger partial charge in [-0.3, -0.25) is 19.3 Å². The van der Waals surface area contributed by atoms with Gasteiger partial charge in [0, 0.05) is 17.6 Å². The number of carbonyl (C=O) groups is 3. The molecule has 5 rings (SSSR count). The van der Waals surface area contributed by atoms with Gasteiger partial charge in [-0.2, -0.15) is 0 Å². The molecule has 5 nitrogen and oxygen atoms in total. The zero-order valence-electron chi connectivity index (χ0n) is 15.5. The van der Waals surface area contributed by atoms with Gasteiger partial charge in [0.25, 0.3) is 0 Å². The number of benzene rings is 1. The van der Waals surface area contributed by atoms with Crippen molar-refractivity contribution in [3.05, 3.63) is 42.2 Å². The summed E-state index contributed by atoms with van der Waals surface area (Å²) in [6.07, 6.45) is 7.79. The zero-order valence-corrected chi connectivity index (χ0v) is 15.5. The average molecular weight is 382 g/mol. The lowest BCUT2D eigenvalue weighted by Crippen LogP contribution is -2.44. The van der Waals surface area contributed by atoms with E-state index in [0.29, 0.717) is 31.4 Å². The van der Waals surface area contributed by atoms with Gasteiger partial charge in [-0.15, -0.1) is 0 Å². The normalized spacial score (nSPS) is 36.1. The lowest BCUT2D eigenvalue weighted by atomic mass is 9.84. The largest absolute Gasteiger partial charge is 0.326 e. The second kappa shape index (κ2) is 6.54. The number of imide groups is 1. The summed E-state index contributed by atoms with van der Waals surface area (Å²) >= 11 is 0. The third kappa shape index (κ3) is 2.69. The van der Waals surface area contributed by atoms with Crippen molar-refractivity contribution in [2.24, 2.45) is 29.6 Å². The molecule has 3 aliphatic carbocycles. The molecule has 1 heterocycles. The molecule has 3 amide bonds. The Kier molecular flexibility index (Phi) is 4.11. The first-order valence-electron chi connectivity index (χ1n) is 10.1. The van der Waals surface area contributed by atoms with Gasteiger partial charge in [-0.1, -0.05) is 12.2 Å². The van der Waals surface area contributed by atoms with Crippen molar-refractivity contribution < 1.29 is 18.8 Å². The molecule has 0 spiro atoms. The van der Waals surface area contributed by atoms with Gasteiger partial charge in [-0.05, 0) is 68.2 Å². The van der Waals surface area contributed by atoms with Gasteiger partial charge in [0.05, 0.1) is 11.8 Å². The standard InChI is InChI=1S/C22H23FN2O3/c23-15-5-7-16(8-6-15)24-20(26)12-3-9-17(10-4-12)25-21(27)18-13-1-2-14(11-13)19(18)22(25)28/h1-2,5-8,12-14,17-19H,3-4,9-11H2,(H,24,26)/t12?,13-,14+,17?,18-,19+. The predicted octanol–water partition coefficient (Wildman–Crippen LogP) is 3.13. The number of nitrogens with zero attached hydrogens (tertiary/aromatic N) is 1. The Hall–Kier alpha value is -2.50. The van der Waals surface area contributed by atoms with Crippen LogP contribution in [0.15, 0.2) is 36.4 Å². The van der Waals surface area contributed by atoms with Crippen LogP contribution in [0.1, 0.15) is 32.1 Å². The second-order valence-electron chi connectivity index (χ2n) is 8.55. The van der Waals surface area contributed by atoms with Crippen molar-refractivity contribution in [1.82, 2.24) is 4.90 Å². The molecule has 146 valence electrons. The zero-order chi connectivity index (χ0) is 19.4. The molecule has 1 saturated heterocycles. The van der Waals surface area contributed by atoms with Crippen LogP contribution in [0.2, 0.25) is 0 Å². The summed E-state index contributed by atoms with van der Waals surface area (Å²) in [4.78, 5) is 39.9. The maximum absolute atomic E-state index is 13.0. The third-order valence-electron chi connectivity index (χ3n) is 7.05. The summed E-state index contributed by atoms with van der Waals surface area (Å²) in [5.74, 6) is -0.397. The number of anilines is 1. The summed E-state index contributed by atoms with van der Waals surface area (Å²) in [6, 6.07) is 5.63. The van der Waals surface area contributed by atoms with Crippen LogP contribution in [0.4, 0.5) is 10.1 Å². The molecule has 0 aromatic heterocycles. The average Bonchev–Trinajstić information content (AvgIpc) is 3.38. The van der Waals surface area contributed by atoms with Crippen LogP contribution in [0.3, 0.4) is 0 Å². The third-order valence-corrected chi connectivity index (χ3v) is 7.05. The van der Waals surface area contributed by atoms with E-state index in [4.69, 9.17) is 0 Å². The number of amides is 3. The Bertz CT molecular complexity index is 827. The number of likely N-dealkylation sites (tertiary alicyclic amines) is 1. The van der Waals surface area contributed by atoms with Crippen LogP contribution in [0.25, 0.3) is 0 Å². The second-order valence-corrected chi connectivity index (χ2v) is 8.55. The fourth-order valence-electron chi connectivity index (χ4n) is 5.66. The topological polar surface area (TPSA) is 66.5 Å². The molecule has 0 radical (unpaired) electrons. The van der Waals surface area contributed by atoms with Crippen molar-refractivity contribution >= 4 is 23.4 Å². The molecule has 2 bridgehead atoms. The highest BCUT2D eigenvalue weighted by atomic mass is 19.1. The van der Waals surface area contributed by atoms with Crippen LogP contribution in [-0.2, 0) is 14.4 Å². The van der Waals surface area contributed by atoms with E-state index in [-0.39, 0.29) is 59.2 Å². The molecule has 1 aromatic rings. The molecule has 0 unspecified atom stereocenters. The van der Waals surface area contributed by atoms with Crippen molar-refractivity contribution in [1.29, 1.82) is 0 Å². The summed E-state index contributed by atoms with van der Waals surface area (Å²) < 4.78 is 13.0. The van der Waals surface area contributed by atoms with Crippen LogP contribution >= 0.6 is 0 Å². The van der Waals surface area contributed by atoms with E-state index in [1.165, 1.54) is 17.0 Å². The summed E-state index contributed by atoms with van der Waals surface area (Å²) in [5, 5.41) is 2.83. The lowest BCUT2D eigenvalue weighted by molar-refractivity contribution is -0.144. The summed E-state index contributed by atoms with van der Waals surface area (Å²) in [6.45, 7) is 0. The van der Waals surface area contributed by atoms with Gasteiger partial charge in [0.15, 0.2) is 0 Å². The number of hydrogen-bond donors (Lipinski definition) is 1. The molecule has 3 fully saturated rings. The van der Waals surface area contributed by atoms with E-state index in [1.54, 1.807) is 12.1 Å². The van der Waals surface area contributed by atoms with Crippen LogP contribution in [0, 0.1) is 35.4 Å². The van der Waals surface area contributed by atoms with Gasteiger partial charge < -0.3 is 5.32 Å². The van der Waals surface area contributed by atoms with Crippen molar-refractivity contribution in [3.8, 4) is 0 Å². The maximum atomic E-state index is 13.0. The van der Waals surface area contributed by atoms with Crippen molar-refractivity contribution in [3.63, 3.8) is 0 Å². The minimum atomic E-state index is -0.341. The van der Waals surface area contributed by atoms with E-state index >= 15 is 0 Å². The molecular weight excluding hydrogens is 359 g/mol. The Labute approximate surface area is 163 Å². The molecule has 1 aromatic carbocycles. The van der Waals surface area contributed by atoms with Crippen LogP contribution in [-0.4, -0.2) is 28.7 Å². The van der Waals surface area contributed by atoms with E-state index in [2.05, 4.69) is 17.5 Å². The number of carbonyl (C=O) groups excluding carboxylic acids is 3. The number of rotatable bonds is 3. The number of allylic oxidation sites excluding steroid dienone is 2. The van der Waals surface area contributed by atoms with Crippen molar-refractivity contribution in [2.75, 3.05) is 5.32 Å². The minimum Gasteiger partial charge on any atom is -0.326 e. The summed E-state index contributed by atoms with van der Waals surface area (Å²) in [5.41, 5.74) is 0.578. The minimum absolute atomic E-state index is 0.00561. The van der Waals surface area contributed by atoms with Crippen molar-refractivity contribution in [2.45, 2.75) is 38.1 Å². The monoisotopic (exact) mass is 382 g/mol. The highest BCUT2D eigenvalue weighted by Gasteiger charge is 2.60. The van der Waals surface area contributed by atoms with Crippen LogP contribution < -0.4 is 5.32 Å². The Morgan fingerprint density at radius 2 is 1.50 bits per heavy atom. The lowest BCUT2D eigenvalue weighted by Gasteiger charge is -2.33. The smallest absolute Gasteiger partial charge is 0.233 e. The van der Waals surface area contributed by atoms with Crippen LogP contribution in [0.5, 0.6) is 0 Å². The molecule has 4 atom stereocenters. The molecule has 6 heteroatoms. The van der Waals surface area contributed by atoms with Gasteiger partial charge >= 0.3 is 0 Å². The van der Waals surface area contributed by atoms with E-state index in [1.807, 2.05) is 0 Å². The Balaban J connectivity index is 1.21. The van der Waals surface area contributed by atoms with Gasteiger partial charge in [-0.25, -0.2) is 4.39 Å². The van der Waals surface area contributed by atoms with E-state index in [0.717, 1.165) is 6.42 Å². The first-order valence-corrected chi connectivity index (χ1v) is 10.1. The maximum Gasteiger partial charge on any atom is 0.233 e. The molecular formula is C22H23FN2O3. The Morgan fingerprint density at radius 3 is 2.07 bits per heavy atom. The number of fused-ring (bicyclic) bond motifs is 5. The Morgan fingerprint density at radius 1 is 0.929 bits per heavy atom. The molecule has 2 saturated carbocycles. The van der Waals surface area contributed by atoms with E-state index in [9.17, 15) is 18.8 Å². The fourth-order valence-corrected chi connectivity index (χ4v) is 5.66. The van der Waals surface area contributed by atoms with Gasteiger partial charge in [0.1, 0.15) is 5.82 Å². The highest BCUT2D eigenvalue weighted by Crippen LogP contribution is 2.53. The SMILES string of the molecule is O=C(Nc1ccc(F)cc1)C1CCC(N2C(=O)[C@@H]3[C@H](C2=O)[C@@H]2C=C[C@H]3C2)CC1. The van der Waals surface area contributed by atoms with E-state index < -0.39 is 0 Å². The number of halogens is 1.